The summed E-state index contributed by atoms with van der Waals surface area (Å²) < 4.78 is 15.1. The molecule has 2 aromatic carbocycles. The van der Waals surface area contributed by atoms with Crippen LogP contribution in [0, 0.1) is 5.82 Å². The van der Waals surface area contributed by atoms with Crippen LogP contribution in [0.1, 0.15) is 0 Å². The van der Waals surface area contributed by atoms with E-state index in [-0.39, 0.29) is 5.82 Å². The molecule has 3 nitrogen and oxygen atoms in total. The lowest BCUT2D eigenvalue weighted by atomic mass is 10.1. The molecule has 22 heavy (non-hydrogen) atoms. The van der Waals surface area contributed by atoms with Crippen molar-refractivity contribution in [2.75, 3.05) is 0 Å². The molecule has 0 fully saturated rings. The molecule has 0 saturated carbocycles. The molecule has 0 saturated heterocycles. The Morgan fingerprint density at radius 2 is 1.68 bits per heavy atom. The van der Waals surface area contributed by atoms with Crippen LogP contribution in [0.3, 0.4) is 0 Å². The normalized spacial score (nSPS) is 11.0. The number of benzene rings is 2. The van der Waals surface area contributed by atoms with Crippen molar-refractivity contribution >= 4 is 10.9 Å². The first-order valence-electron chi connectivity index (χ1n) is 6.95. The molecule has 0 aliphatic rings. The van der Waals surface area contributed by atoms with Gasteiger partial charge in [-0.25, -0.2) is 9.07 Å². The number of pyridine rings is 1. The van der Waals surface area contributed by atoms with E-state index in [1.165, 1.54) is 12.1 Å². The Labute approximate surface area is 126 Å². The van der Waals surface area contributed by atoms with E-state index in [1.54, 1.807) is 23.1 Å². The van der Waals surface area contributed by atoms with Crippen molar-refractivity contribution in [3.63, 3.8) is 0 Å². The molecule has 106 valence electrons. The summed E-state index contributed by atoms with van der Waals surface area (Å²) in [6, 6.07) is 16.7. The van der Waals surface area contributed by atoms with Crippen LogP contribution in [0.15, 0.2) is 73.2 Å². The molecular formula is C18H12FN3. The van der Waals surface area contributed by atoms with Gasteiger partial charge >= 0.3 is 0 Å². The van der Waals surface area contributed by atoms with Crippen molar-refractivity contribution in [1.82, 2.24) is 14.8 Å². The van der Waals surface area contributed by atoms with Gasteiger partial charge in [0.15, 0.2) is 0 Å². The third-order valence-corrected chi connectivity index (χ3v) is 3.61. The van der Waals surface area contributed by atoms with Gasteiger partial charge in [0.2, 0.25) is 0 Å². The summed E-state index contributed by atoms with van der Waals surface area (Å²) in [7, 11) is 0. The zero-order valence-electron chi connectivity index (χ0n) is 11.6. The third kappa shape index (κ3) is 2.15. The zero-order valence-corrected chi connectivity index (χ0v) is 11.6. The fraction of sp³-hybridized carbons (Fsp3) is 0. The third-order valence-electron chi connectivity index (χ3n) is 3.61. The summed E-state index contributed by atoms with van der Waals surface area (Å²) in [4.78, 5) is 4.31. The van der Waals surface area contributed by atoms with Crippen LogP contribution < -0.4 is 0 Å². The molecule has 0 bridgehead atoms. The maximum Gasteiger partial charge on any atom is 0.124 e. The SMILES string of the molecule is Fc1ccc2c(cnn2-c2cncc(-c3ccccc3)c2)c1. The average molecular weight is 289 g/mol. The van der Waals surface area contributed by atoms with Crippen LogP contribution >= 0.6 is 0 Å². The molecule has 0 N–H and O–H groups in total. The van der Waals surface area contributed by atoms with Gasteiger partial charge in [-0.3, -0.25) is 4.98 Å². The van der Waals surface area contributed by atoms with E-state index in [0.717, 1.165) is 27.7 Å². The number of hydrogen-bond donors (Lipinski definition) is 0. The monoisotopic (exact) mass is 289 g/mol. The highest BCUT2D eigenvalue weighted by Gasteiger charge is 2.07. The van der Waals surface area contributed by atoms with E-state index < -0.39 is 0 Å². The number of hydrogen-bond acceptors (Lipinski definition) is 2. The maximum atomic E-state index is 13.3. The van der Waals surface area contributed by atoms with Gasteiger partial charge in [-0.05, 0) is 29.8 Å². The number of rotatable bonds is 2. The predicted octanol–water partition coefficient (Wildman–Crippen LogP) is 4.23. The Morgan fingerprint density at radius 3 is 2.55 bits per heavy atom. The fourth-order valence-corrected chi connectivity index (χ4v) is 2.54. The predicted molar refractivity (Wildman–Crippen MR) is 84.3 cm³/mol. The Kier molecular flexibility index (Phi) is 2.93. The minimum absolute atomic E-state index is 0.261. The molecule has 0 spiro atoms. The molecule has 0 radical (unpaired) electrons. The molecular weight excluding hydrogens is 277 g/mol. The molecule has 4 heteroatoms. The minimum atomic E-state index is -0.261. The summed E-state index contributed by atoms with van der Waals surface area (Å²) in [6.45, 7) is 0. The summed E-state index contributed by atoms with van der Waals surface area (Å²) in [6.07, 6.45) is 5.24. The van der Waals surface area contributed by atoms with Gasteiger partial charge in [0, 0.05) is 17.1 Å². The van der Waals surface area contributed by atoms with Crippen LogP contribution in [-0.4, -0.2) is 14.8 Å². The first-order chi connectivity index (χ1) is 10.8. The van der Waals surface area contributed by atoms with E-state index in [0.29, 0.717) is 0 Å². The Morgan fingerprint density at radius 1 is 0.818 bits per heavy atom. The summed E-state index contributed by atoms with van der Waals surface area (Å²) in [5, 5.41) is 5.12. The number of halogens is 1. The second kappa shape index (κ2) is 5.07. The molecule has 0 aliphatic carbocycles. The molecule has 2 heterocycles. The molecule has 0 atom stereocenters. The standard InChI is InChI=1S/C18H12FN3/c19-16-6-7-18-15(8-16)11-21-22(18)17-9-14(10-20-12-17)13-4-2-1-3-5-13/h1-12H. The van der Waals surface area contributed by atoms with E-state index in [9.17, 15) is 4.39 Å². The first kappa shape index (κ1) is 12.7. The van der Waals surface area contributed by atoms with Gasteiger partial charge in [0.25, 0.3) is 0 Å². The highest BCUT2D eigenvalue weighted by Crippen LogP contribution is 2.23. The molecule has 4 aromatic rings. The van der Waals surface area contributed by atoms with Crippen molar-refractivity contribution in [3.05, 3.63) is 79.0 Å². The maximum absolute atomic E-state index is 13.3. The molecule has 0 aliphatic heterocycles. The molecule has 4 rings (SSSR count). The lowest BCUT2D eigenvalue weighted by molar-refractivity contribution is 0.629. The summed E-state index contributed by atoms with van der Waals surface area (Å²) >= 11 is 0. The van der Waals surface area contributed by atoms with Gasteiger partial charge in [-0.2, -0.15) is 5.10 Å². The topological polar surface area (TPSA) is 30.7 Å². The van der Waals surface area contributed by atoms with Crippen LogP contribution in [0.4, 0.5) is 4.39 Å². The first-order valence-corrected chi connectivity index (χ1v) is 6.95. The van der Waals surface area contributed by atoms with E-state index in [4.69, 9.17) is 0 Å². The van der Waals surface area contributed by atoms with E-state index in [1.807, 2.05) is 42.6 Å². The smallest absolute Gasteiger partial charge is 0.124 e. The molecule has 0 unspecified atom stereocenters. The van der Waals surface area contributed by atoms with Crippen molar-refractivity contribution in [2.24, 2.45) is 0 Å². The second-order valence-electron chi connectivity index (χ2n) is 5.06. The lowest BCUT2D eigenvalue weighted by Crippen LogP contribution is -1.97. The van der Waals surface area contributed by atoms with Gasteiger partial charge in [-0.1, -0.05) is 30.3 Å². The number of nitrogens with zero attached hydrogens (tertiary/aromatic N) is 3. The minimum Gasteiger partial charge on any atom is -0.262 e. The number of aromatic nitrogens is 3. The molecule has 2 aromatic heterocycles. The summed E-state index contributed by atoms with van der Waals surface area (Å²) in [5.74, 6) is -0.261. The Bertz CT molecular complexity index is 945. The Balaban J connectivity index is 1.85. The zero-order chi connectivity index (χ0) is 14.9. The summed E-state index contributed by atoms with van der Waals surface area (Å²) in [5.41, 5.74) is 3.82. The fourth-order valence-electron chi connectivity index (χ4n) is 2.54. The van der Waals surface area contributed by atoms with Gasteiger partial charge in [-0.15, -0.1) is 0 Å². The quantitative estimate of drug-likeness (QED) is 0.553. The van der Waals surface area contributed by atoms with Crippen molar-refractivity contribution < 1.29 is 4.39 Å². The van der Waals surface area contributed by atoms with Crippen molar-refractivity contribution in [1.29, 1.82) is 0 Å². The van der Waals surface area contributed by atoms with Gasteiger partial charge in [0.1, 0.15) is 5.82 Å². The van der Waals surface area contributed by atoms with Crippen LogP contribution in [-0.2, 0) is 0 Å². The second-order valence-corrected chi connectivity index (χ2v) is 5.06. The van der Waals surface area contributed by atoms with Crippen molar-refractivity contribution in [2.45, 2.75) is 0 Å². The van der Waals surface area contributed by atoms with E-state index in [2.05, 4.69) is 10.1 Å². The van der Waals surface area contributed by atoms with Crippen LogP contribution in [0.5, 0.6) is 0 Å². The van der Waals surface area contributed by atoms with Crippen molar-refractivity contribution in [3.8, 4) is 16.8 Å². The highest BCUT2D eigenvalue weighted by molar-refractivity contribution is 5.80. The lowest BCUT2D eigenvalue weighted by Gasteiger charge is -2.06. The van der Waals surface area contributed by atoms with Crippen LogP contribution in [0.25, 0.3) is 27.7 Å². The molecule has 0 amide bonds. The highest BCUT2D eigenvalue weighted by atomic mass is 19.1. The van der Waals surface area contributed by atoms with Gasteiger partial charge in [0.05, 0.1) is 23.6 Å². The van der Waals surface area contributed by atoms with E-state index >= 15 is 0 Å². The largest absolute Gasteiger partial charge is 0.262 e. The van der Waals surface area contributed by atoms with Gasteiger partial charge < -0.3 is 0 Å². The average Bonchev–Trinajstić information content (AvgIpc) is 2.99. The number of fused-ring (bicyclic) bond motifs is 1. The Hall–Kier alpha value is -3.01. The van der Waals surface area contributed by atoms with Crippen LogP contribution in [0.2, 0.25) is 0 Å².